The Labute approximate surface area is 209 Å². The van der Waals surface area contributed by atoms with E-state index in [0.717, 1.165) is 31.5 Å². The molecule has 0 spiro atoms. The fraction of sp³-hybridized carbons (Fsp3) is 0.407. The van der Waals surface area contributed by atoms with Gasteiger partial charge in [0.15, 0.2) is 5.16 Å². The number of hydrogen-bond donors (Lipinski definition) is 0. The highest BCUT2D eigenvalue weighted by molar-refractivity contribution is 8.00. The van der Waals surface area contributed by atoms with Crippen LogP contribution in [-0.2, 0) is 22.5 Å². The van der Waals surface area contributed by atoms with Crippen LogP contribution in [0.25, 0.3) is 10.9 Å². The van der Waals surface area contributed by atoms with Crippen LogP contribution >= 0.6 is 11.8 Å². The molecule has 2 aromatic carbocycles. The summed E-state index contributed by atoms with van der Waals surface area (Å²) >= 11 is 1.30. The van der Waals surface area contributed by atoms with Crippen LogP contribution in [0.2, 0.25) is 0 Å². The Morgan fingerprint density at radius 3 is 2.69 bits per heavy atom. The lowest BCUT2D eigenvalue weighted by Gasteiger charge is -2.32. The first-order chi connectivity index (χ1) is 16.9. The summed E-state index contributed by atoms with van der Waals surface area (Å²) in [6, 6.07) is 14.7. The number of fused-ring (bicyclic) bond motifs is 1. The van der Waals surface area contributed by atoms with Crippen LogP contribution in [-0.4, -0.2) is 51.8 Å². The number of hydrogen-bond acceptors (Lipinski definition) is 6. The number of benzene rings is 2. The van der Waals surface area contributed by atoms with E-state index < -0.39 is 11.2 Å². The third-order valence-electron chi connectivity index (χ3n) is 6.41. The van der Waals surface area contributed by atoms with Crippen LogP contribution in [0.3, 0.4) is 0 Å². The second-order valence-corrected chi connectivity index (χ2v) is 10.4. The monoisotopic (exact) mass is 493 g/mol. The molecule has 8 heteroatoms. The van der Waals surface area contributed by atoms with Gasteiger partial charge >= 0.3 is 5.97 Å². The molecule has 1 fully saturated rings. The minimum absolute atomic E-state index is 0.0637. The van der Waals surface area contributed by atoms with Crippen LogP contribution in [0, 0.1) is 5.92 Å². The largest absolute Gasteiger partial charge is 0.465 e. The number of rotatable bonds is 7. The average Bonchev–Trinajstić information content (AvgIpc) is 2.87. The molecule has 0 radical (unpaired) electrons. The maximum Gasteiger partial charge on any atom is 0.337 e. The van der Waals surface area contributed by atoms with E-state index in [2.05, 4.69) is 6.92 Å². The molecule has 0 saturated carbocycles. The van der Waals surface area contributed by atoms with Crippen molar-refractivity contribution in [2.45, 2.75) is 50.1 Å². The van der Waals surface area contributed by atoms with Crippen molar-refractivity contribution in [1.82, 2.24) is 14.5 Å². The number of esters is 1. The zero-order valence-corrected chi connectivity index (χ0v) is 21.2. The third kappa shape index (κ3) is 5.75. The van der Waals surface area contributed by atoms with Crippen LogP contribution in [0.1, 0.15) is 42.6 Å². The SMILES string of the molecule is COC(=O)c1ccc2c(=O)n(CCc3ccccc3)c(S[C@H](C)C(=O)N3CCC[C@@H](C)C3)nc2c1. The standard InChI is InChI=1S/C27H31N3O4S/c1-18-8-7-14-29(17-18)24(31)19(2)35-27-28-23-16-21(26(33)34-3)11-12-22(23)25(32)30(27)15-13-20-9-5-4-6-10-20/h4-6,9-12,16,18-19H,7-8,13-15,17H2,1-3H3/t18-,19-/m1/s1. The molecule has 1 aromatic heterocycles. The van der Waals surface area contributed by atoms with Crippen molar-refractivity contribution in [3.63, 3.8) is 0 Å². The second kappa shape index (κ2) is 11.1. The third-order valence-corrected chi connectivity index (χ3v) is 7.48. The normalized spacial score (nSPS) is 16.8. The lowest BCUT2D eigenvalue weighted by molar-refractivity contribution is -0.132. The van der Waals surface area contributed by atoms with E-state index in [1.165, 1.54) is 18.9 Å². The summed E-state index contributed by atoms with van der Waals surface area (Å²) in [5.41, 5.74) is 1.68. The summed E-state index contributed by atoms with van der Waals surface area (Å²) in [6.07, 6.45) is 2.81. The maximum atomic E-state index is 13.5. The first-order valence-electron chi connectivity index (χ1n) is 12.0. The molecule has 2 atom stereocenters. The molecule has 1 aliphatic heterocycles. The number of thioether (sulfide) groups is 1. The number of methoxy groups -OCH3 is 1. The van der Waals surface area contributed by atoms with Gasteiger partial charge in [0.1, 0.15) is 0 Å². The molecule has 0 unspecified atom stereocenters. The molecule has 1 amide bonds. The summed E-state index contributed by atoms with van der Waals surface area (Å²) in [5, 5.41) is 0.515. The topological polar surface area (TPSA) is 81.5 Å². The number of carbonyl (C=O) groups excluding carboxylic acids is 2. The van der Waals surface area contributed by atoms with Gasteiger partial charge in [0.25, 0.3) is 5.56 Å². The maximum absolute atomic E-state index is 13.5. The van der Waals surface area contributed by atoms with Gasteiger partial charge in [-0.3, -0.25) is 14.2 Å². The molecule has 3 aromatic rings. The number of nitrogens with zero attached hydrogens (tertiary/aromatic N) is 3. The van der Waals surface area contributed by atoms with Gasteiger partial charge in [-0.05, 0) is 55.9 Å². The predicted octanol–water partition coefficient (Wildman–Crippen LogP) is 4.16. The lowest BCUT2D eigenvalue weighted by atomic mass is 10.0. The van der Waals surface area contributed by atoms with Gasteiger partial charge in [0.05, 0.1) is 28.8 Å². The number of piperidine rings is 1. The van der Waals surface area contributed by atoms with Crippen LogP contribution in [0.4, 0.5) is 0 Å². The first kappa shape index (κ1) is 25.0. The van der Waals surface area contributed by atoms with Crippen molar-refractivity contribution < 1.29 is 14.3 Å². The molecule has 7 nitrogen and oxygen atoms in total. The van der Waals surface area contributed by atoms with E-state index in [0.29, 0.717) is 40.5 Å². The molecule has 35 heavy (non-hydrogen) atoms. The molecule has 1 aliphatic rings. The van der Waals surface area contributed by atoms with Crippen molar-refractivity contribution in [1.29, 1.82) is 0 Å². The first-order valence-corrected chi connectivity index (χ1v) is 12.9. The minimum Gasteiger partial charge on any atom is -0.465 e. The summed E-state index contributed by atoms with van der Waals surface area (Å²) < 4.78 is 6.48. The van der Waals surface area contributed by atoms with E-state index in [1.807, 2.05) is 42.2 Å². The molecule has 4 rings (SSSR count). The van der Waals surface area contributed by atoms with Gasteiger partial charge in [-0.1, -0.05) is 49.0 Å². The fourth-order valence-electron chi connectivity index (χ4n) is 4.47. The Morgan fingerprint density at radius 2 is 1.97 bits per heavy atom. The van der Waals surface area contributed by atoms with Crippen LogP contribution in [0.5, 0.6) is 0 Å². The van der Waals surface area contributed by atoms with Crippen molar-refractivity contribution in [2.75, 3.05) is 20.2 Å². The molecule has 2 heterocycles. The molecule has 0 aliphatic carbocycles. The van der Waals surface area contributed by atoms with Crippen molar-refractivity contribution >= 4 is 34.5 Å². The number of carbonyl (C=O) groups is 2. The summed E-state index contributed by atoms with van der Waals surface area (Å²) in [5.74, 6) is 0.0669. The Bertz CT molecular complexity index is 1270. The number of aryl methyl sites for hydroxylation is 1. The Kier molecular flexibility index (Phi) is 7.90. The molecular weight excluding hydrogens is 462 g/mol. The number of amides is 1. The second-order valence-electron chi connectivity index (χ2n) is 9.10. The van der Waals surface area contributed by atoms with E-state index in [1.54, 1.807) is 22.8 Å². The van der Waals surface area contributed by atoms with Crippen LogP contribution < -0.4 is 5.56 Å². The Morgan fingerprint density at radius 1 is 1.20 bits per heavy atom. The quantitative estimate of drug-likeness (QED) is 0.279. The van der Waals surface area contributed by atoms with Gasteiger partial charge in [0.2, 0.25) is 5.91 Å². The highest BCUT2D eigenvalue weighted by Crippen LogP contribution is 2.26. The lowest BCUT2D eigenvalue weighted by Crippen LogP contribution is -2.43. The van der Waals surface area contributed by atoms with Gasteiger partial charge in [-0.15, -0.1) is 0 Å². The number of ether oxygens (including phenoxy) is 1. The minimum atomic E-state index is -0.487. The predicted molar refractivity (Wildman–Crippen MR) is 138 cm³/mol. The Balaban J connectivity index is 1.69. The van der Waals surface area contributed by atoms with Gasteiger partial charge < -0.3 is 9.64 Å². The number of likely N-dealkylation sites (tertiary alicyclic amines) is 1. The zero-order valence-electron chi connectivity index (χ0n) is 20.4. The van der Waals surface area contributed by atoms with E-state index in [-0.39, 0.29) is 11.5 Å². The molecule has 0 bridgehead atoms. The smallest absolute Gasteiger partial charge is 0.337 e. The van der Waals surface area contributed by atoms with Crippen molar-refractivity contribution in [3.05, 3.63) is 70.0 Å². The average molecular weight is 494 g/mol. The molecule has 184 valence electrons. The van der Waals surface area contributed by atoms with Gasteiger partial charge in [0, 0.05) is 19.6 Å². The molecule has 1 saturated heterocycles. The van der Waals surface area contributed by atoms with Crippen LogP contribution in [0.15, 0.2) is 58.5 Å². The van der Waals surface area contributed by atoms with E-state index >= 15 is 0 Å². The van der Waals surface area contributed by atoms with Crippen molar-refractivity contribution in [2.24, 2.45) is 5.92 Å². The Hall–Kier alpha value is -3.13. The zero-order chi connectivity index (χ0) is 24.9. The van der Waals surface area contributed by atoms with Gasteiger partial charge in [-0.25, -0.2) is 9.78 Å². The molecular formula is C27H31N3O4S. The summed E-state index contributed by atoms with van der Waals surface area (Å²) in [6.45, 7) is 6.01. The summed E-state index contributed by atoms with van der Waals surface area (Å²) in [4.78, 5) is 45.4. The number of aromatic nitrogens is 2. The summed E-state index contributed by atoms with van der Waals surface area (Å²) in [7, 11) is 1.32. The van der Waals surface area contributed by atoms with Gasteiger partial charge in [-0.2, -0.15) is 0 Å². The highest BCUT2D eigenvalue weighted by Gasteiger charge is 2.27. The van der Waals surface area contributed by atoms with E-state index in [9.17, 15) is 14.4 Å². The molecule has 0 N–H and O–H groups in total. The fourth-order valence-corrected chi connectivity index (χ4v) is 5.49. The van der Waals surface area contributed by atoms with Crippen molar-refractivity contribution in [3.8, 4) is 0 Å². The highest BCUT2D eigenvalue weighted by atomic mass is 32.2. The van der Waals surface area contributed by atoms with E-state index in [4.69, 9.17) is 9.72 Å².